The highest BCUT2D eigenvalue weighted by Gasteiger charge is 2.15. The lowest BCUT2D eigenvalue weighted by Gasteiger charge is -2.18. The summed E-state index contributed by atoms with van der Waals surface area (Å²) in [6.45, 7) is 6.18. The zero-order chi connectivity index (χ0) is 21.7. The molecule has 1 unspecified atom stereocenters. The minimum atomic E-state index is -0.282. The number of hydrogen-bond donors (Lipinski definition) is 2. The zero-order valence-electron chi connectivity index (χ0n) is 17.9. The summed E-state index contributed by atoms with van der Waals surface area (Å²) in [6.07, 6.45) is 1.74. The van der Waals surface area contributed by atoms with Crippen molar-refractivity contribution < 1.29 is 14.3 Å². The monoisotopic (exact) mass is 409 g/mol. The minimum absolute atomic E-state index is 0.262. The molecule has 30 heavy (non-hydrogen) atoms. The van der Waals surface area contributed by atoms with Crippen LogP contribution in [-0.4, -0.2) is 35.0 Å². The van der Waals surface area contributed by atoms with Crippen LogP contribution in [0.5, 0.6) is 11.5 Å². The van der Waals surface area contributed by atoms with Gasteiger partial charge in [0.25, 0.3) is 0 Å². The Hall–Kier alpha value is -3.55. The second-order valence-corrected chi connectivity index (χ2v) is 7.02. The number of aryl methyl sites for hydroxylation is 2. The van der Waals surface area contributed by atoms with Gasteiger partial charge in [0.2, 0.25) is 0 Å². The largest absolute Gasteiger partial charge is 0.497 e. The first-order valence-corrected chi connectivity index (χ1v) is 9.66. The van der Waals surface area contributed by atoms with Crippen molar-refractivity contribution in [2.24, 2.45) is 0 Å². The van der Waals surface area contributed by atoms with Crippen molar-refractivity contribution in [2.45, 2.75) is 33.4 Å². The van der Waals surface area contributed by atoms with Gasteiger partial charge in [-0.1, -0.05) is 6.07 Å². The SMILES string of the molecule is COc1ccc(OC)c(C(C)NC(=O)NCc2ccc(-n3nc(C)cc3C)nc2)c1. The summed E-state index contributed by atoms with van der Waals surface area (Å²) < 4.78 is 12.5. The normalized spacial score (nSPS) is 11.6. The maximum atomic E-state index is 12.4. The predicted octanol–water partition coefficient (Wildman–Crippen LogP) is 3.46. The van der Waals surface area contributed by atoms with Gasteiger partial charge in [0.05, 0.1) is 26.0 Å². The molecule has 0 saturated carbocycles. The van der Waals surface area contributed by atoms with E-state index >= 15 is 0 Å². The van der Waals surface area contributed by atoms with Crippen molar-refractivity contribution in [3.8, 4) is 17.3 Å². The van der Waals surface area contributed by atoms with E-state index in [9.17, 15) is 4.79 Å². The third kappa shape index (κ3) is 4.89. The van der Waals surface area contributed by atoms with Crippen LogP contribution >= 0.6 is 0 Å². The summed E-state index contributed by atoms with van der Waals surface area (Å²) in [7, 11) is 3.20. The van der Waals surface area contributed by atoms with E-state index in [1.807, 2.05) is 57.2 Å². The molecular formula is C22H27N5O3. The molecule has 158 valence electrons. The maximum absolute atomic E-state index is 12.4. The number of carbonyl (C=O) groups excluding carboxylic acids is 1. The van der Waals surface area contributed by atoms with Crippen LogP contribution in [0.15, 0.2) is 42.6 Å². The molecule has 0 aliphatic heterocycles. The van der Waals surface area contributed by atoms with Gasteiger partial charge in [-0.15, -0.1) is 0 Å². The van der Waals surface area contributed by atoms with Gasteiger partial charge in [-0.3, -0.25) is 0 Å². The average molecular weight is 409 g/mol. The molecule has 3 rings (SSSR count). The highest BCUT2D eigenvalue weighted by Crippen LogP contribution is 2.29. The van der Waals surface area contributed by atoms with E-state index in [0.29, 0.717) is 18.0 Å². The number of hydrogen-bond acceptors (Lipinski definition) is 5. The molecule has 0 saturated heterocycles. The molecule has 0 aliphatic carbocycles. The van der Waals surface area contributed by atoms with Gasteiger partial charge in [0.1, 0.15) is 11.5 Å². The Bertz CT molecular complexity index is 1010. The van der Waals surface area contributed by atoms with Crippen LogP contribution in [0.4, 0.5) is 4.79 Å². The van der Waals surface area contributed by atoms with E-state index in [1.54, 1.807) is 25.1 Å². The molecule has 3 aromatic rings. The molecule has 1 aromatic carbocycles. The Morgan fingerprint density at radius 2 is 1.93 bits per heavy atom. The number of pyridine rings is 1. The number of benzene rings is 1. The van der Waals surface area contributed by atoms with Crippen LogP contribution < -0.4 is 20.1 Å². The van der Waals surface area contributed by atoms with Crippen molar-refractivity contribution in [1.82, 2.24) is 25.4 Å². The second-order valence-electron chi connectivity index (χ2n) is 7.02. The molecule has 2 N–H and O–H groups in total. The molecule has 0 radical (unpaired) electrons. The number of urea groups is 1. The van der Waals surface area contributed by atoms with Gasteiger partial charge in [-0.05, 0) is 56.7 Å². The lowest BCUT2D eigenvalue weighted by Crippen LogP contribution is -2.36. The van der Waals surface area contributed by atoms with Crippen LogP contribution in [0.25, 0.3) is 5.82 Å². The fraction of sp³-hybridized carbons (Fsp3) is 0.318. The molecule has 2 amide bonds. The van der Waals surface area contributed by atoms with Crippen LogP contribution in [-0.2, 0) is 6.54 Å². The Balaban J connectivity index is 1.59. The Labute approximate surface area is 176 Å². The van der Waals surface area contributed by atoms with Crippen LogP contribution in [0.1, 0.15) is 35.5 Å². The highest BCUT2D eigenvalue weighted by molar-refractivity contribution is 5.74. The smallest absolute Gasteiger partial charge is 0.315 e. The number of nitrogens with zero attached hydrogens (tertiary/aromatic N) is 3. The first kappa shape index (κ1) is 21.2. The summed E-state index contributed by atoms with van der Waals surface area (Å²) >= 11 is 0. The van der Waals surface area contributed by atoms with Gasteiger partial charge < -0.3 is 20.1 Å². The summed E-state index contributed by atoms with van der Waals surface area (Å²) in [5.41, 5.74) is 3.69. The quantitative estimate of drug-likeness (QED) is 0.624. The van der Waals surface area contributed by atoms with Gasteiger partial charge in [0.15, 0.2) is 5.82 Å². The Morgan fingerprint density at radius 1 is 1.13 bits per heavy atom. The number of nitrogens with one attached hydrogen (secondary N) is 2. The van der Waals surface area contributed by atoms with E-state index < -0.39 is 0 Å². The lowest BCUT2D eigenvalue weighted by atomic mass is 10.1. The van der Waals surface area contributed by atoms with Gasteiger partial charge in [-0.25, -0.2) is 14.5 Å². The average Bonchev–Trinajstić information content (AvgIpc) is 3.09. The molecule has 1 atom stereocenters. The molecule has 0 aliphatic rings. The summed E-state index contributed by atoms with van der Waals surface area (Å²) in [5, 5.41) is 10.2. The van der Waals surface area contributed by atoms with E-state index in [2.05, 4.69) is 20.7 Å². The Morgan fingerprint density at radius 3 is 2.53 bits per heavy atom. The van der Waals surface area contributed by atoms with Crippen molar-refractivity contribution in [1.29, 1.82) is 0 Å². The van der Waals surface area contributed by atoms with Crippen LogP contribution in [0.3, 0.4) is 0 Å². The fourth-order valence-corrected chi connectivity index (χ4v) is 3.19. The molecule has 0 bridgehead atoms. The van der Waals surface area contributed by atoms with Gasteiger partial charge in [-0.2, -0.15) is 5.10 Å². The molecule has 8 nitrogen and oxygen atoms in total. The number of aromatic nitrogens is 3. The molecular weight excluding hydrogens is 382 g/mol. The van der Waals surface area contributed by atoms with Gasteiger partial charge in [0, 0.05) is 24.0 Å². The molecule has 8 heteroatoms. The van der Waals surface area contributed by atoms with E-state index in [4.69, 9.17) is 9.47 Å². The fourth-order valence-electron chi connectivity index (χ4n) is 3.19. The van der Waals surface area contributed by atoms with Crippen molar-refractivity contribution in [3.63, 3.8) is 0 Å². The Kier molecular flexibility index (Phi) is 6.56. The molecule has 0 fully saturated rings. The van der Waals surface area contributed by atoms with E-state index in [1.165, 1.54) is 0 Å². The van der Waals surface area contributed by atoms with Gasteiger partial charge >= 0.3 is 6.03 Å². The number of rotatable bonds is 7. The first-order chi connectivity index (χ1) is 14.4. The number of methoxy groups -OCH3 is 2. The minimum Gasteiger partial charge on any atom is -0.497 e. The second kappa shape index (κ2) is 9.30. The first-order valence-electron chi connectivity index (χ1n) is 9.66. The summed E-state index contributed by atoms with van der Waals surface area (Å²) in [5.74, 6) is 2.13. The maximum Gasteiger partial charge on any atom is 0.315 e. The third-order valence-corrected chi connectivity index (χ3v) is 4.74. The number of carbonyl (C=O) groups is 1. The highest BCUT2D eigenvalue weighted by atomic mass is 16.5. The standard InChI is InChI=1S/C22H27N5O3/c1-14-10-15(2)27(26-14)21-9-6-17(12-23-21)13-24-22(28)25-16(3)19-11-18(29-4)7-8-20(19)30-5/h6-12,16H,13H2,1-5H3,(H2,24,25,28). The number of ether oxygens (including phenoxy) is 2. The lowest BCUT2D eigenvalue weighted by molar-refractivity contribution is 0.237. The molecule has 2 heterocycles. The zero-order valence-corrected chi connectivity index (χ0v) is 17.9. The van der Waals surface area contributed by atoms with Crippen molar-refractivity contribution >= 4 is 6.03 Å². The van der Waals surface area contributed by atoms with Crippen molar-refractivity contribution in [3.05, 3.63) is 65.1 Å². The third-order valence-electron chi connectivity index (χ3n) is 4.74. The predicted molar refractivity (Wildman–Crippen MR) is 114 cm³/mol. The summed E-state index contributed by atoms with van der Waals surface area (Å²) in [4.78, 5) is 16.8. The molecule has 0 spiro atoms. The molecule has 2 aromatic heterocycles. The van der Waals surface area contributed by atoms with Crippen LogP contribution in [0.2, 0.25) is 0 Å². The van der Waals surface area contributed by atoms with E-state index in [-0.39, 0.29) is 12.1 Å². The van der Waals surface area contributed by atoms with Crippen molar-refractivity contribution in [2.75, 3.05) is 14.2 Å². The van der Waals surface area contributed by atoms with Crippen LogP contribution in [0, 0.1) is 13.8 Å². The van der Waals surface area contributed by atoms with E-state index in [0.717, 1.165) is 28.3 Å². The summed E-state index contributed by atoms with van der Waals surface area (Å²) in [6, 6.07) is 10.8. The number of amides is 2. The topological polar surface area (TPSA) is 90.3 Å².